The lowest BCUT2D eigenvalue weighted by molar-refractivity contribution is -0.135. The second-order valence-electron chi connectivity index (χ2n) is 8.08. The van der Waals surface area contributed by atoms with Gasteiger partial charge in [-0.15, -0.1) is 0 Å². The van der Waals surface area contributed by atoms with E-state index in [0.29, 0.717) is 25.3 Å². The number of nitrogens with zero attached hydrogens (tertiary/aromatic N) is 4. The molecule has 1 atom stereocenters. The van der Waals surface area contributed by atoms with Crippen molar-refractivity contribution in [2.75, 3.05) is 39.5 Å². The number of benzene rings is 1. The van der Waals surface area contributed by atoms with Crippen molar-refractivity contribution in [2.45, 2.75) is 33.2 Å². The van der Waals surface area contributed by atoms with E-state index in [1.807, 2.05) is 57.1 Å². The monoisotopic (exact) mass is 438 g/mol. The number of hydrogen-bond donors (Lipinski definition) is 2. The Morgan fingerprint density at radius 2 is 1.91 bits per heavy atom. The van der Waals surface area contributed by atoms with Crippen molar-refractivity contribution < 1.29 is 9.59 Å². The lowest BCUT2D eigenvalue weighted by Crippen LogP contribution is -2.45. The Balaban J connectivity index is 1.85. The van der Waals surface area contributed by atoms with E-state index in [0.717, 1.165) is 22.6 Å². The number of likely N-dealkylation sites (N-methyl/N-ethyl adjacent to an activating group) is 2. The third-order valence-electron chi connectivity index (χ3n) is 5.14. The van der Waals surface area contributed by atoms with Gasteiger partial charge in [-0.25, -0.2) is 4.98 Å². The van der Waals surface area contributed by atoms with Gasteiger partial charge in [0.2, 0.25) is 11.8 Å². The second kappa shape index (κ2) is 12.0. The zero-order valence-electron chi connectivity index (χ0n) is 19.8. The van der Waals surface area contributed by atoms with E-state index < -0.39 is 6.04 Å². The van der Waals surface area contributed by atoms with Crippen molar-refractivity contribution in [3.8, 4) is 0 Å². The molecule has 0 unspecified atom stereocenters. The Morgan fingerprint density at radius 3 is 2.59 bits per heavy atom. The van der Waals surface area contributed by atoms with Crippen molar-refractivity contribution in [1.29, 1.82) is 0 Å². The van der Waals surface area contributed by atoms with E-state index in [4.69, 9.17) is 0 Å². The van der Waals surface area contributed by atoms with Crippen LogP contribution in [0.3, 0.4) is 0 Å². The van der Waals surface area contributed by atoms with Crippen LogP contribution in [0.1, 0.15) is 23.9 Å². The smallest absolute Gasteiger partial charge is 0.246 e. The molecule has 1 aromatic heterocycles. The fraction of sp³-hybridized carbons (Fsp3) is 0.417. The molecular formula is C24H34N6O2. The first-order valence-corrected chi connectivity index (χ1v) is 10.7. The van der Waals surface area contributed by atoms with Crippen molar-refractivity contribution in [3.05, 3.63) is 59.6 Å². The Kier molecular flexibility index (Phi) is 9.34. The summed E-state index contributed by atoms with van der Waals surface area (Å²) in [5.41, 5.74) is 3.79. The number of amides is 2. The topological polar surface area (TPSA) is 90.5 Å². The summed E-state index contributed by atoms with van der Waals surface area (Å²) in [6.07, 6.45) is 5.67. The second-order valence-corrected chi connectivity index (χ2v) is 8.08. The summed E-state index contributed by atoms with van der Waals surface area (Å²) in [7, 11) is 5.49. The molecule has 8 nitrogen and oxygen atoms in total. The van der Waals surface area contributed by atoms with Gasteiger partial charge >= 0.3 is 0 Å². The maximum absolute atomic E-state index is 12.5. The van der Waals surface area contributed by atoms with Gasteiger partial charge in [0.15, 0.2) is 0 Å². The standard InChI is InChI=1S/C24H34N6O2/c1-17-18(2)27-22(16-26-17)28-21-10-7-9-20(15-21)12-13-25-24(32)19(3)30(6)23(31)11-8-14-29(4)5/h7-11,15-16,19H,12-14H2,1-6H3,(H,25,32)(H,27,28)/b11-8+/t19-/m0/s1. The van der Waals surface area contributed by atoms with Gasteiger partial charge in [-0.05, 0) is 59.0 Å². The van der Waals surface area contributed by atoms with Crippen LogP contribution in [0.25, 0.3) is 0 Å². The van der Waals surface area contributed by atoms with Crippen LogP contribution in [0.15, 0.2) is 42.6 Å². The average molecular weight is 439 g/mol. The number of anilines is 2. The number of aryl methyl sites for hydroxylation is 2. The van der Waals surface area contributed by atoms with Gasteiger partial charge in [0, 0.05) is 31.9 Å². The molecule has 0 radical (unpaired) electrons. The van der Waals surface area contributed by atoms with Gasteiger partial charge in [0.1, 0.15) is 11.9 Å². The van der Waals surface area contributed by atoms with Gasteiger partial charge in [-0.3, -0.25) is 14.6 Å². The highest BCUT2D eigenvalue weighted by Gasteiger charge is 2.20. The van der Waals surface area contributed by atoms with Gasteiger partial charge in [-0.2, -0.15) is 0 Å². The molecule has 2 aromatic rings. The zero-order valence-corrected chi connectivity index (χ0v) is 19.8. The predicted molar refractivity (Wildman–Crippen MR) is 128 cm³/mol. The summed E-state index contributed by atoms with van der Waals surface area (Å²) < 4.78 is 0. The van der Waals surface area contributed by atoms with Gasteiger partial charge in [0.05, 0.1) is 17.6 Å². The quantitative estimate of drug-likeness (QED) is 0.554. The number of rotatable bonds is 10. The van der Waals surface area contributed by atoms with Crippen LogP contribution in [-0.4, -0.2) is 71.9 Å². The summed E-state index contributed by atoms with van der Waals surface area (Å²) in [6, 6.07) is 7.41. The Labute approximate surface area is 190 Å². The number of nitrogens with one attached hydrogen (secondary N) is 2. The van der Waals surface area contributed by atoms with Crippen LogP contribution >= 0.6 is 0 Å². The summed E-state index contributed by atoms with van der Waals surface area (Å²) >= 11 is 0. The average Bonchev–Trinajstić information content (AvgIpc) is 2.75. The molecule has 2 N–H and O–H groups in total. The Morgan fingerprint density at radius 1 is 1.16 bits per heavy atom. The molecule has 32 heavy (non-hydrogen) atoms. The SMILES string of the molecule is Cc1ncc(Nc2cccc(CCNC(=O)[C@H](C)N(C)C(=O)/C=C/CN(C)C)c2)nc1C. The molecule has 8 heteroatoms. The van der Waals surface area contributed by atoms with E-state index in [1.54, 1.807) is 26.2 Å². The highest BCUT2D eigenvalue weighted by Crippen LogP contribution is 2.16. The molecule has 2 rings (SSSR count). The van der Waals surface area contributed by atoms with Crippen LogP contribution in [0, 0.1) is 13.8 Å². The van der Waals surface area contributed by atoms with E-state index in [-0.39, 0.29) is 11.8 Å². The molecular weight excluding hydrogens is 404 g/mol. The first-order chi connectivity index (χ1) is 15.2. The highest BCUT2D eigenvalue weighted by atomic mass is 16.2. The van der Waals surface area contributed by atoms with E-state index in [9.17, 15) is 9.59 Å². The maximum atomic E-state index is 12.5. The molecule has 0 bridgehead atoms. The summed E-state index contributed by atoms with van der Waals surface area (Å²) in [6.45, 7) is 6.73. The molecule has 0 saturated carbocycles. The third kappa shape index (κ3) is 7.77. The minimum Gasteiger partial charge on any atom is -0.354 e. The normalized spacial score (nSPS) is 12.1. The molecule has 0 aliphatic rings. The fourth-order valence-corrected chi connectivity index (χ4v) is 2.88. The van der Waals surface area contributed by atoms with Gasteiger partial charge in [-0.1, -0.05) is 18.2 Å². The van der Waals surface area contributed by atoms with E-state index in [2.05, 4.69) is 20.6 Å². The fourth-order valence-electron chi connectivity index (χ4n) is 2.88. The van der Waals surface area contributed by atoms with Crippen molar-refractivity contribution in [2.24, 2.45) is 0 Å². The maximum Gasteiger partial charge on any atom is 0.246 e. The van der Waals surface area contributed by atoms with E-state index >= 15 is 0 Å². The lowest BCUT2D eigenvalue weighted by Gasteiger charge is -2.23. The van der Waals surface area contributed by atoms with Crippen LogP contribution in [-0.2, 0) is 16.0 Å². The van der Waals surface area contributed by atoms with E-state index in [1.165, 1.54) is 11.0 Å². The van der Waals surface area contributed by atoms with Gasteiger partial charge < -0.3 is 20.4 Å². The molecule has 172 valence electrons. The van der Waals surface area contributed by atoms with Crippen molar-refractivity contribution >= 4 is 23.3 Å². The highest BCUT2D eigenvalue weighted by molar-refractivity contribution is 5.92. The van der Waals surface area contributed by atoms with Crippen molar-refractivity contribution in [1.82, 2.24) is 25.1 Å². The number of aromatic nitrogens is 2. The number of hydrogen-bond acceptors (Lipinski definition) is 6. The minimum absolute atomic E-state index is 0.179. The minimum atomic E-state index is -0.553. The Hall–Kier alpha value is -3.26. The summed E-state index contributed by atoms with van der Waals surface area (Å²) in [5, 5.41) is 6.18. The van der Waals surface area contributed by atoms with Crippen LogP contribution < -0.4 is 10.6 Å². The third-order valence-corrected chi connectivity index (χ3v) is 5.14. The number of carbonyl (C=O) groups is 2. The molecule has 1 aromatic carbocycles. The molecule has 0 aliphatic heterocycles. The molecule has 0 spiro atoms. The lowest BCUT2D eigenvalue weighted by atomic mass is 10.1. The summed E-state index contributed by atoms with van der Waals surface area (Å²) in [4.78, 5) is 36.9. The first kappa shape index (κ1) is 25.0. The van der Waals surface area contributed by atoms with Crippen molar-refractivity contribution in [3.63, 3.8) is 0 Å². The predicted octanol–water partition coefficient (Wildman–Crippen LogP) is 2.46. The molecule has 0 aliphatic carbocycles. The first-order valence-electron chi connectivity index (χ1n) is 10.7. The molecule has 0 fully saturated rings. The number of carbonyl (C=O) groups excluding carboxylic acids is 2. The molecule has 1 heterocycles. The molecule has 2 amide bonds. The largest absolute Gasteiger partial charge is 0.354 e. The molecule has 0 saturated heterocycles. The summed E-state index contributed by atoms with van der Waals surface area (Å²) in [5.74, 6) is 0.323. The Bertz CT molecular complexity index is 957. The van der Waals surface area contributed by atoms with Crippen LogP contribution in [0.2, 0.25) is 0 Å². The van der Waals surface area contributed by atoms with Gasteiger partial charge in [0.25, 0.3) is 0 Å². The van der Waals surface area contributed by atoms with Crippen LogP contribution in [0.5, 0.6) is 0 Å². The zero-order chi connectivity index (χ0) is 23.7. The van der Waals surface area contributed by atoms with Crippen LogP contribution in [0.4, 0.5) is 11.5 Å².